The summed E-state index contributed by atoms with van der Waals surface area (Å²) < 4.78 is 13.8. The number of para-hydroxylation sites is 2. The molecule has 0 atom stereocenters. The lowest BCUT2D eigenvalue weighted by molar-refractivity contribution is -0.120. The second kappa shape index (κ2) is 6.82. The van der Waals surface area contributed by atoms with E-state index >= 15 is 0 Å². The Bertz CT molecular complexity index is 693. The Kier molecular flexibility index (Phi) is 4.60. The first-order chi connectivity index (χ1) is 11.1. The molecule has 1 aliphatic heterocycles. The van der Waals surface area contributed by atoms with Crippen LogP contribution in [0, 0.1) is 18.7 Å². The minimum atomic E-state index is -0.199. The first-order valence-electron chi connectivity index (χ1n) is 8.01. The Labute approximate surface area is 136 Å². The van der Waals surface area contributed by atoms with Crippen LogP contribution < -0.4 is 10.2 Å². The van der Waals surface area contributed by atoms with Gasteiger partial charge in [0.25, 0.3) is 0 Å². The fraction of sp³-hybridized carbons (Fsp3) is 0.316. The second-order valence-electron chi connectivity index (χ2n) is 6.02. The van der Waals surface area contributed by atoms with Gasteiger partial charge in [0.05, 0.1) is 5.69 Å². The fourth-order valence-corrected chi connectivity index (χ4v) is 3.04. The molecule has 1 amide bonds. The molecule has 3 rings (SSSR count). The number of nitrogens with zero attached hydrogens (tertiary/aromatic N) is 1. The van der Waals surface area contributed by atoms with Gasteiger partial charge < -0.3 is 10.2 Å². The number of halogens is 1. The molecule has 0 aliphatic carbocycles. The summed E-state index contributed by atoms with van der Waals surface area (Å²) in [4.78, 5) is 14.4. The molecular formula is C19H21FN2O. The number of hydrogen-bond donors (Lipinski definition) is 1. The zero-order chi connectivity index (χ0) is 16.2. The molecule has 0 aromatic heterocycles. The number of anilines is 2. The molecular weight excluding hydrogens is 291 g/mol. The number of benzene rings is 2. The molecule has 0 spiro atoms. The van der Waals surface area contributed by atoms with Crippen LogP contribution in [0.25, 0.3) is 0 Å². The lowest BCUT2D eigenvalue weighted by Gasteiger charge is -2.33. The Morgan fingerprint density at radius 3 is 2.43 bits per heavy atom. The van der Waals surface area contributed by atoms with Crippen molar-refractivity contribution in [3.05, 3.63) is 59.9 Å². The summed E-state index contributed by atoms with van der Waals surface area (Å²) in [6.45, 7) is 3.38. The molecule has 23 heavy (non-hydrogen) atoms. The van der Waals surface area contributed by atoms with Gasteiger partial charge in [0.1, 0.15) is 5.82 Å². The monoisotopic (exact) mass is 312 g/mol. The van der Waals surface area contributed by atoms with E-state index in [0.29, 0.717) is 18.8 Å². The molecule has 1 N–H and O–H groups in total. The Hall–Kier alpha value is -2.36. The van der Waals surface area contributed by atoms with E-state index in [1.54, 1.807) is 12.1 Å². The van der Waals surface area contributed by atoms with Crippen molar-refractivity contribution < 1.29 is 9.18 Å². The number of piperidine rings is 1. The zero-order valence-electron chi connectivity index (χ0n) is 13.3. The van der Waals surface area contributed by atoms with Crippen LogP contribution in [0.3, 0.4) is 0 Å². The van der Waals surface area contributed by atoms with E-state index in [1.807, 2.05) is 42.2 Å². The minimum Gasteiger partial charge on any atom is -0.369 e. The average molecular weight is 312 g/mol. The smallest absolute Gasteiger partial charge is 0.227 e. The number of hydrogen-bond acceptors (Lipinski definition) is 2. The summed E-state index contributed by atoms with van der Waals surface area (Å²) in [5, 5.41) is 3.01. The Morgan fingerprint density at radius 1 is 1.09 bits per heavy atom. The number of aryl methyl sites for hydroxylation is 1. The summed E-state index contributed by atoms with van der Waals surface area (Å²) in [5.41, 5.74) is 2.56. The van der Waals surface area contributed by atoms with Crippen LogP contribution in [-0.2, 0) is 4.79 Å². The van der Waals surface area contributed by atoms with Crippen LogP contribution in [-0.4, -0.2) is 19.0 Å². The normalized spacial score (nSPS) is 15.5. The molecule has 1 aliphatic rings. The van der Waals surface area contributed by atoms with Gasteiger partial charge in [-0.2, -0.15) is 0 Å². The van der Waals surface area contributed by atoms with Gasteiger partial charge in [-0.05, 0) is 43.5 Å². The van der Waals surface area contributed by atoms with Crippen molar-refractivity contribution in [2.24, 2.45) is 5.92 Å². The van der Waals surface area contributed by atoms with Gasteiger partial charge in [-0.15, -0.1) is 0 Å². The molecule has 1 heterocycles. The van der Waals surface area contributed by atoms with Gasteiger partial charge in [0, 0.05) is 24.7 Å². The third kappa shape index (κ3) is 3.52. The summed E-state index contributed by atoms with van der Waals surface area (Å²) >= 11 is 0. The van der Waals surface area contributed by atoms with Crippen molar-refractivity contribution >= 4 is 17.3 Å². The predicted octanol–water partition coefficient (Wildman–Crippen LogP) is 3.99. The third-order valence-electron chi connectivity index (χ3n) is 4.46. The van der Waals surface area contributed by atoms with Gasteiger partial charge in [-0.25, -0.2) is 4.39 Å². The molecule has 3 nitrogen and oxygen atoms in total. The molecule has 2 aromatic carbocycles. The minimum absolute atomic E-state index is 0.0161. The quantitative estimate of drug-likeness (QED) is 0.929. The molecule has 2 aromatic rings. The van der Waals surface area contributed by atoms with Crippen molar-refractivity contribution in [3.63, 3.8) is 0 Å². The molecule has 0 saturated carbocycles. The summed E-state index contributed by atoms with van der Waals surface area (Å²) in [6, 6.07) is 14.6. The summed E-state index contributed by atoms with van der Waals surface area (Å²) in [6.07, 6.45) is 1.48. The lowest BCUT2D eigenvalue weighted by Crippen LogP contribution is -2.38. The molecule has 0 radical (unpaired) electrons. The van der Waals surface area contributed by atoms with E-state index in [-0.39, 0.29) is 17.6 Å². The number of amides is 1. The number of nitrogens with one attached hydrogen (secondary N) is 1. The Morgan fingerprint density at radius 2 is 1.74 bits per heavy atom. The van der Waals surface area contributed by atoms with Crippen LogP contribution >= 0.6 is 0 Å². The molecule has 120 valence electrons. The standard InChI is InChI=1S/C19H21FN2O/c1-14-6-2-4-8-17(14)21-19(23)15-10-12-22(13-11-15)18-9-5-3-7-16(18)20/h2-9,15H,10-13H2,1H3,(H,21,23). The number of carbonyl (C=O) groups is 1. The van der Waals surface area contributed by atoms with E-state index in [9.17, 15) is 9.18 Å². The van der Waals surface area contributed by atoms with Crippen molar-refractivity contribution in [2.75, 3.05) is 23.3 Å². The fourth-order valence-electron chi connectivity index (χ4n) is 3.04. The highest BCUT2D eigenvalue weighted by atomic mass is 19.1. The lowest BCUT2D eigenvalue weighted by atomic mass is 9.95. The highest BCUT2D eigenvalue weighted by Gasteiger charge is 2.26. The van der Waals surface area contributed by atoms with E-state index in [2.05, 4.69) is 5.32 Å². The SMILES string of the molecule is Cc1ccccc1NC(=O)C1CCN(c2ccccc2F)CC1. The molecule has 1 saturated heterocycles. The summed E-state index contributed by atoms with van der Waals surface area (Å²) in [5.74, 6) is -0.152. The topological polar surface area (TPSA) is 32.3 Å². The Balaban J connectivity index is 1.60. The van der Waals surface area contributed by atoms with Gasteiger partial charge in [-0.3, -0.25) is 4.79 Å². The molecule has 1 fully saturated rings. The van der Waals surface area contributed by atoms with Gasteiger partial charge in [0.2, 0.25) is 5.91 Å². The molecule has 0 bridgehead atoms. The summed E-state index contributed by atoms with van der Waals surface area (Å²) in [7, 11) is 0. The maximum absolute atomic E-state index is 13.8. The van der Waals surface area contributed by atoms with Crippen molar-refractivity contribution in [3.8, 4) is 0 Å². The van der Waals surface area contributed by atoms with Crippen LogP contribution in [0.4, 0.5) is 15.8 Å². The van der Waals surface area contributed by atoms with E-state index in [4.69, 9.17) is 0 Å². The van der Waals surface area contributed by atoms with Crippen molar-refractivity contribution in [1.29, 1.82) is 0 Å². The van der Waals surface area contributed by atoms with Gasteiger partial charge in [0.15, 0.2) is 0 Å². The largest absolute Gasteiger partial charge is 0.369 e. The van der Waals surface area contributed by atoms with Crippen molar-refractivity contribution in [1.82, 2.24) is 0 Å². The average Bonchev–Trinajstić information content (AvgIpc) is 2.57. The van der Waals surface area contributed by atoms with Gasteiger partial charge >= 0.3 is 0 Å². The number of rotatable bonds is 3. The highest BCUT2D eigenvalue weighted by molar-refractivity contribution is 5.93. The zero-order valence-corrected chi connectivity index (χ0v) is 13.3. The molecule has 4 heteroatoms. The van der Waals surface area contributed by atoms with Crippen molar-refractivity contribution in [2.45, 2.75) is 19.8 Å². The van der Waals surface area contributed by atoms with E-state index in [0.717, 1.165) is 24.1 Å². The highest BCUT2D eigenvalue weighted by Crippen LogP contribution is 2.26. The maximum atomic E-state index is 13.8. The second-order valence-corrected chi connectivity index (χ2v) is 6.02. The first kappa shape index (κ1) is 15.5. The predicted molar refractivity (Wildman–Crippen MR) is 91.1 cm³/mol. The molecule has 0 unspecified atom stereocenters. The first-order valence-corrected chi connectivity index (χ1v) is 8.01. The van der Waals surface area contributed by atoms with Crippen LogP contribution in [0.15, 0.2) is 48.5 Å². The maximum Gasteiger partial charge on any atom is 0.227 e. The van der Waals surface area contributed by atoms with E-state index < -0.39 is 0 Å². The van der Waals surface area contributed by atoms with Gasteiger partial charge in [-0.1, -0.05) is 30.3 Å². The number of carbonyl (C=O) groups excluding carboxylic acids is 1. The van der Waals surface area contributed by atoms with Crippen LogP contribution in [0.2, 0.25) is 0 Å². The van der Waals surface area contributed by atoms with Crippen LogP contribution in [0.5, 0.6) is 0 Å². The third-order valence-corrected chi connectivity index (χ3v) is 4.46. The van der Waals surface area contributed by atoms with E-state index in [1.165, 1.54) is 6.07 Å². The van der Waals surface area contributed by atoms with Crippen LogP contribution in [0.1, 0.15) is 18.4 Å².